The summed E-state index contributed by atoms with van der Waals surface area (Å²) in [6.45, 7) is 0.761. The van der Waals surface area contributed by atoms with Crippen molar-refractivity contribution in [3.8, 4) is 5.75 Å². The van der Waals surface area contributed by atoms with E-state index >= 15 is 0 Å². The quantitative estimate of drug-likeness (QED) is 0.794. The second kappa shape index (κ2) is 8.49. The van der Waals surface area contributed by atoms with Crippen molar-refractivity contribution in [2.24, 2.45) is 5.92 Å². The third kappa shape index (κ3) is 4.73. The second-order valence-corrected chi connectivity index (χ2v) is 6.50. The summed E-state index contributed by atoms with van der Waals surface area (Å²) in [6.07, 6.45) is 0.939. The summed E-state index contributed by atoms with van der Waals surface area (Å²) in [5, 5.41) is 9.00. The molecule has 6 nitrogen and oxygen atoms in total. The van der Waals surface area contributed by atoms with Gasteiger partial charge in [0.2, 0.25) is 0 Å². The summed E-state index contributed by atoms with van der Waals surface area (Å²) < 4.78 is 5.52. The van der Waals surface area contributed by atoms with Crippen LogP contribution in [0.5, 0.6) is 5.75 Å². The van der Waals surface area contributed by atoms with Gasteiger partial charge in [-0.2, -0.15) is 0 Å². The van der Waals surface area contributed by atoms with E-state index in [9.17, 15) is 14.4 Å². The number of ketones is 1. The minimum atomic E-state index is -0.802. The summed E-state index contributed by atoms with van der Waals surface area (Å²) in [4.78, 5) is 37.2. The van der Waals surface area contributed by atoms with Crippen LogP contribution in [0.3, 0.4) is 0 Å². The van der Waals surface area contributed by atoms with Gasteiger partial charge in [0.15, 0.2) is 12.4 Å². The summed E-state index contributed by atoms with van der Waals surface area (Å²) in [6, 6.07) is 15.7. The molecule has 0 aliphatic carbocycles. The van der Waals surface area contributed by atoms with Crippen LogP contribution in [0.15, 0.2) is 54.6 Å². The summed E-state index contributed by atoms with van der Waals surface area (Å²) in [5.74, 6) is -0.899. The number of carboxylic acids is 1. The van der Waals surface area contributed by atoms with Gasteiger partial charge in [0.25, 0.3) is 5.91 Å². The first-order valence-electron chi connectivity index (χ1n) is 8.88. The molecule has 0 atom stereocenters. The van der Waals surface area contributed by atoms with Crippen molar-refractivity contribution in [3.63, 3.8) is 0 Å². The van der Waals surface area contributed by atoms with E-state index in [4.69, 9.17) is 9.84 Å². The number of rotatable bonds is 6. The van der Waals surface area contributed by atoms with Crippen LogP contribution in [0.1, 0.15) is 28.8 Å². The predicted molar refractivity (Wildman–Crippen MR) is 98.8 cm³/mol. The maximum atomic E-state index is 12.4. The lowest BCUT2D eigenvalue weighted by molar-refractivity contribution is -0.146. The number of hydrogen-bond donors (Lipinski definition) is 1. The minimum absolute atomic E-state index is 0.0699. The molecule has 1 aliphatic heterocycles. The van der Waals surface area contributed by atoms with Gasteiger partial charge in [0.05, 0.1) is 5.92 Å². The Morgan fingerprint density at radius 3 is 2.11 bits per heavy atom. The minimum Gasteiger partial charge on any atom is -0.484 e. The average Bonchev–Trinajstić information content (AvgIpc) is 2.72. The Bertz CT molecular complexity index is 808. The highest BCUT2D eigenvalue weighted by Gasteiger charge is 2.27. The maximum Gasteiger partial charge on any atom is 0.306 e. The molecule has 0 bridgehead atoms. The molecule has 2 aromatic carbocycles. The van der Waals surface area contributed by atoms with Crippen LogP contribution >= 0.6 is 0 Å². The zero-order valence-corrected chi connectivity index (χ0v) is 14.8. The van der Waals surface area contributed by atoms with Gasteiger partial charge >= 0.3 is 5.97 Å². The summed E-state index contributed by atoms with van der Waals surface area (Å²) in [7, 11) is 0. The number of piperidine rings is 1. The molecule has 3 rings (SSSR count). The van der Waals surface area contributed by atoms with Gasteiger partial charge in [-0.3, -0.25) is 14.4 Å². The van der Waals surface area contributed by atoms with E-state index in [0.717, 1.165) is 0 Å². The monoisotopic (exact) mass is 367 g/mol. The van der Waals surface area contributed by atoms with E-state index in [1.165, 1.54) is 0 Å². The number of hydrogen-bond acceptors (Lipinski definition) is 4. The Morgan fingerprint density at radius 1 is 0.926 bits per heavy atom. The molecule has 1 N–H and O–H groups in total. The molecule has 0 saturated carbocycles. The largest absolute Gasteiger partial charge is 0.484 e. The molecule has 0 unspecified atom stereocenters. The Labute approximate surface area is 157 Å². The van der Waals surface area contributed by atoms with Crippen molar-refractivity contribution in [1.29, 1.82) is 0 Å². The van der Waals surface area contributed by atoms with Crippen LogP contribution in [0.25, 0.3) is 0 Å². The fraction of sp³-hybridized carbons (Fsp3) is 0.286. The summed E-state index contributed by atoms with van der Waals surface area (Å²) >= 11 is 0. The molecule has 0 aromatic heterocycles. The number of carbonyl (C=O) groups excluding carboxylic acids is 2. The number of carboxylic acid groups (broad SMARTS) is 1. The second-order valence-electron chi connectivity index (χ2n) is 6.50. The first-order valence-corrected chi connectivity index (χ1v) is 8.88. The first-order chi connectivity index (χ1) is 13.0. The number of likely N-dealkylation sites (tertiary alicyclic amines) is 1. The highest BCUT2D eigenvalue weighted by atomic mass is 16.5. The van der Waals surface area contributed by atoms with Gasteiger partial charge in [0, 0.05) is 24.2 Å². The van der Waals surface area contributed by atoms with Crippen molar-refractivity contribution in [2.45, 2.75) is 12.8 Å². The molecule has 0 spiro atoms. The molecule has 1 saturated heterocycles. The first kappa shape index (κ1) is 18.6. The van der Waals surface area contributed by atoms with E-state index in [-0.39, 0.29) is 24.2 Å². The lowest BCUT2D eigenvalue weighted by Gasteiger charge is -2.30. The molecule has 27 heavy (non-hydrogen) atoms. The van der Waals surface area contributed by atoms with Gasteiger partial charge < -0.3 is 14.7 Å². The molecule has 140 valence electrons. The van der Waals surface area contributed by atoms with Crippen molar-refractivity contribution in [1.82, 2.24) is 4.90 Å². The number of nitrogens with zero attached hydrogens (tertiary/aromatic N) is 1. The molecule has 2 aromatic rings. The summed E-state index contributed by atoms with van der Waals surface area (Å²) in [5.41, 5.74) is 1.17. The SMILES string of the molecule is O=C(c1ccccc1)c1ccc(OCC(=O)N2CCC(C(=O)O)CC2)cc1. The molecule has 1 amide bonds. The van der Waals surface area contributed by atoms with Crippen LogP contribution in [-0.4, -0.2) is 47.4 Å². The number of aliphatic carboxylic acids is 1. The molecular formula is C21H21NO5. The lowest BCUT2D eigenvalue weighted by Crippen LogP contribution is -2.42. The van der Waals surface area contributed by atoms with Crippen molar-refractivity contribution < 1.29 is 24.2 Å². The Morgan fingerprint density at radius 2 is 1.52 bits per heavy atom. The third-order valence-corrected chi connectivity index (χ3v) is 4.71. The molecule has 0 radical (unpaired) electrons. The average molecular weight is 367 g/mol. The van der Waals surface area contributed by atoms with Crippen LogP contribution in [0.2, 0.25) is 0 Å². The normalized spacial score (nSPS) is 14.6. The van der Waals surface area contributed by atoms with Gasteiger partial charge in [0.1, 0.15) is 5.75 Å². The molecule has 1 fully saturated rings. The van der Waals surface area contributed by atoms with Crippen LogP contribution < -0.4 is 4.74 Å². The standard InChI is InChI=1S/C21H21NO5/c23-19(22-12-10-17(11-13-22)21(25)26)14-27-18-8-6-16(7-9-18)20(24)15-4-2-1-3-5-15/h1-9,17H,10-14H2,(H,25,26). The topological polar surface area (TPSA) is 83.9 Å². The van der Waals surface area contributed by atoms with E-state index < -0.39 is 5.97 Å². The molecule has 6 heteroatoms. The Kier molecular flexibility index (Phi) is 5.86. The maximum absolute atomic E-state index is 12.4. The van der Waals surface area contributed by atoms with E-state index in [0.29, 0.717) is 42.8 Å². The van der Waals surface area contributed by atoms with E-state index in [1.807, 2.05) is 18.2 Å². The predicted octanol–water partition coefficient (Wildman–Crippen LogP) is 2.62. The Balaban J connectivity index is 1.51. The highest BCUT2D eigenvalue weighted by molar-refractivity contribution is 6.08. The lowest BCUT2D eigenvalue weighted by atomic mass is 9.97. The van der Waals surface area contributed by atoms with Crippen LogP contribution in [-0.2, 0) is 9.59 Å². The molecular weight excluding hydrogens is 346 g/mol. The van der Waals surface area contributed by atoms with Gasteiger partial charge in [-0.25, -0.2) is 0 Å². The third-order valence-electron chi connectivity index (χ3n) is 4.71. The van der Waals surface area contributed by atoms with Crippen molar-refractivity contribution in [3.05, 3.63) is 65.7 Å². The number of benzene rings is 2. The van der Waals surface area contributed by atoms with E-state index in [2.05, 4.69) is 0 Å². The van der Waals surface area contributed by atoms with Gasteiger partial charge in [-0.1, -0.05) is 30.3 Å². The number of amides is 1. The van der Waals surface area contributed by atoms with Crippen molar-refractivity contribution >= 4 is 17.7 Å². The van der Waals surface area contributed by atoms with Gasteiger partial charge in [-0.05, 0) is 37.1 Å². The van der Waals surface area contributed by atoms with Crippen LogP contribution in [0, 0.1) is 5.92 Å². The van der Waals surface area contributed by atoms with Crippen LogP contribution in [0.4, 0.5) is 0 Å². The van der Waals surface area contributed by atoms with E-state index in [1.54, 1.807) is 41.3 Å². The van der Waals surface area contributed by atoms with Crippen molar-refractivity contribution in [2.75, 3.05) is 19.7 Å². The number of carbonyl (C=O) groups is 3. The fourth-order valence-corrected chi connectivity index (χ4v) is 3.07. The Hall–Kier alpha value is -3.15. The van der Waals surface area contributed by atoms with Gasteiger partial charge in [-0.15, -0.1) is 0 Å². The zero-order chi connectivity index (χ0) is 19.2. The fourth-order valence-electron chi connectivity index (χ4n) is 3.07. The molecule has 1 heterocycles. The highest BCUT2D eigenvalue weighted by Crippen LogP contribution is 2.18. The molecule has 1 aliphatic rings. The smallest absolute Gasteiger partial charge is 0.306 e. The zero-order valence-electron chi connectivity index (χ0n) is 14.8. The number of ether oxygens (including phenoxy) is 1.